The number of amidine groups is 1. The third-order valence-corrected chi connectivity index (χ3v) is 4.46. The van der Waals surface area contributed by atoms with E-state index in [0.717, 1.165) is 0 Å². The number of alkyl halides is 3. The smallest absolute Gasteiger partial charge is 0.481 e. The van der Waals surface area contributed by atoms with E-state index in [-0.39, 0.29) is 23.8 Å². The number of ether oxygens (including phenoxy) is 1. The van der Waals surface area contributed by atoms with Gasteiger partial charge in [-0.05, 0) is 42.3 Å². The van der Waals surface area contributed by atoms with Crippen LogP contribution >= 0.6 is 0 Å². The quantitative estimate of drug-likeness (QED) is 0.109. The summed E-state index contributed by atoms with van der Waals surface area (Å²) in [5, 5.41) is 34.4. The molecular weight excluding hydrogens is 523 g/mol. The second-order valence-electron chi connectivity index (χ2n) is 7.55. The number of rotatable bonds is 10. The number of carboxylic acids is 3. The van der Waals surface area contributed by atoms with Gasteiger partial charge in [-0.2, -0.15) is 13.2 Å². The number of carbonyl (C=O) groups is 5. The Morgan fingerprint density at radius 1 is 1.11 bits per heavy atom. The zero-order chi connectivity index (χ0) is 29.2. The highest BCUT2D eigenvalue weighted by molar-refractivity contribution is 5.95. The molecule has 0 spiro atoms. The van der Waals surface area contributed by atoms with Gasteiger partial charge in [-0.3, -0.25) is 15.0 Å². The molecule has 0 aliphatic rings. The predicted octanol–water partition coefficient (Wildman–Crippen LogP) is 1.64. The zero-order valence-corrected chi connectivity index (χ0v) is 19.4. The molecule has 38 heavy (non-hydrogen) atoms. The Bertz CT molecular complexity index is 1190. The second-order valence-corrected chi connectivity index (χ2v) is 7.55. The van der Waals surface area contributed by atoms with Crippen LogP contribution < -0.4 is 15.8 Å². The molecule has 2 aromatic rings. The van der Waals surface area contributed by atoms with E-state index in [1.165, 1.54) is 43.5 Å². The van der Waals surface area contributed by atoms with Crippen LogP contribution in [0.25, 0.3) is 0 Å². The van der Waals surface area contributed by atoms with Gasteiger partial charge < -0.3 is 35.5 Å². The molecule has 2 rings (SSSR count). The van der Waals surface area contributed by atoms with Crippen molar-refractivity contribution in [2.24, 2.45) is 11.7 Å². The molecule has 0 radical (unpaired) electrons. The minimum atomic E-state index is -5.08. The summed E-state index contributed by atoms with van der Waals surface area (Å²) in [5.41, 5.74) is 6.32. The van der Waals surface area contributed by atoms with E-state index < -0.39 is 54.3 Å². The number of esters is 1. The lowest BCUT2D eigenvalue weighted by Crippen LogP contribution is -2.44. The number of halogens is 3. The summed E-state index contributed by atoms with van der Waals surface area (Å²) in [5.74, 6) is -7.70. The molecule has 16 heteroatoms. The van der Waals surface area contributed by atoms with Crippen molar-refractivity contribution >= 4 is 35.6 Å². The normalized spacial score (nSPS) is 12.2. The molecule has 1 aromatic heterocycles. The Morgan fingerprint density at radius 3 is 2.11 bits per heavy atom. The lowest BCUT2D eigenvalue weighted by Gasteiger charge is -2.16. The van der Waals surface area contributed by atoms with Crippen LogP contribution in [0.4, 0.5) is 13.2 Å². The number of nitrogen functional groups attached to an aromatic ring is 1. The Morgan fingerprint density at radius 2 is 1.66 bits per heavy atom. The van der Waals surface area contributed by atoms with Gasteiger partial charge in [0.15, 0.2) is 0 Å². The van der Waals surface area contributed by atoms with E-state index in [2.05, 4.69) is 5.32 Å². The van der Waals surface area contributed by atoms with E-state index in [4.69, 9.17) is 40.4 Å². The highest BCUT2D eigenvalue weighted by atomic mass is 19.4. The Balaban J connectivity index is 0.000000905. The van der Waals surface area contributed by atoms with Gasteiger partial charge in [0.05, 0.1) is 12.7 Å². The maximum Gasteiger partial charge on any atom is 0.490 e. The maximum atomic E-state index is 12.2. The van der Waals surface area contributed by atoms with Crippen molar-refractivity contribution in [3.8, 4) is 5.75 Å². The molecule has 7 N–H and O–H groups in total. The summed E-state index contributed by atoms with van der Waals surface area (Å²) in [6.45, 7) is 1.52. The Labute approximate surface area is 211 Å². The van der Waals surface area contributed by atoms with E-state index in [1.54, 1.807) is 0 Å². The number of nitrogens with one attached hydrogen (secondary N) is 2. The maximum absolute atomic E-state index is 12.2. The Hall–Kier alpha value is -4.89. The largest absolute Gasteiger partial charge is 0.490 e. The van der Waals surface area contributed by atoms with Crippen molar-refractivity contribution in [1.29, 1.82) is 5.41 Å². The molecule has 0 bridgehead atoms. The van der Waals surface area contributed by atoms with Crippen molar-refractivity contribution in [3.63, 3.8) is 0 Å². The van der Waals surface area contributed by atoms with Crippen LogP contribution in [0, 0.1) is 11.3 Å². The van der Waals surface area contributed by atoms with Gasteiger partial charge in [-0.25, -0.2) is 14.4 Å². The number of carboxylic acid groups (broad SMARTS) is 3. The van der Waals surface area contributed by atoms with Gasteiger partial charge in [-0.1, -0.05) is 6.92 Å². The van der Waals surface area contributed by atoms with Crippen LogP contribution in [0.15, 0.2) is 41.0 Å². The van der Waals surface area contributed by atoms with Crippen LogP contribution in [0.1, 0.15) is 35.0 Å². The van der Waals surface area contributed by atoms with E-state index in [1.807, 2.05) is 0 Å². The van der Waals surface area contributed by atoms with Crippen molar-refractivity contribution < 1.29 is 61.6 Å². The molecule has 0 aliphatic carbocycles. The molecule has 0 fully saturated rings. The van der Waals surface area contributed by atoms with Crippen LogP contribution in [0.3, 0.4) is 0 Å². The number of benzene rings is 1. The van der Waals surface area contributed by atoms with Crippen molar-refractivity contribution in [2.75, 3.05) is 0 Å². The van der Waals surface area contributed by atoms with Gasteiger partial charge >= 0.3 is 30.1 Å². The fraction of sp³-hybridized carbons (Fsp3) is 0.273. The molecule has 1 heterocycles. The molecule has 13 nitrogen and oxygen atoms in total. The molecule has 0 saturated carbocycles. The summed E-state index contributed by atoms with van der Waals surface area (Å²) in [4.78, 5) is 55.1. The summed E-state index contributed by atoms with van der Waals surface area (Å²) in [7, 11) is 0. The van der Waals surface area contributed by atoms with Crippen LogP contribution in [-0.4, -0.2) is 63.2 Å². The van der Waals surface area contributed by atoms with Crippen molar-refractivity contribution in [1.82, 2.24) is 5.32 Å². The average Bonchev–Trinajstić information content (AvgIpc) is 3.27. The summed E-state index contributed by atoms with van der Waals surface area (Å²) < 4.78 is 42.1. The number of hydrogen-bond acceptors (Lipinski definition) is 8. The number of furan rings is 1. The highest BCUT2D eigenvalue weighted by Crippen LogP contribution is 2.18. The lowest BCUT2D eigenvalue weighted by atomic mass is 10.0. The predicted molar refractivity (Wildman–Crippen MR) is 120 cm³/mol. The summed E-state index contributed by atoms with van der Waals surface area (Å²) >= 11 is 0. The fourth-order valence-electron chi connectivity index (χ4n) is 2.58. The summed E-state index contributed by atoms with van der Waals surface area (Å²) in [6, 6.07) is 5.84. The third kappa shape index (κ3) is 10.4. The van der Waals surface area contributed by atoms with Crippen molar-refractivity contribution in [2.45, 2.75) is 32.0 Å². The third-order valence-electron chi connectivity index (χ3n) is 4.46. The van der Waals surface area contributed by atoms with Crippen LogP contribution in [0.2, 0.25) is 0 Å². The second kappa shape index (κ2) is 13.4. The molecule has 0 aliphatic heterocycles. The first-order valence-electron chi connectivity index (χ1n) is 10.3. The van der Waals surface area contributed by atoms with Gasteiger partial charge in [0, 0.05) is 11.5 Å². The molecule has 0 saturated heterocycles. The van der Waals surface area contributed by atoms with Crippen molar-refractivity contribution in [3.05, 3.63) is 53.5 Å². The Kier molecular flexibility index (Phi) is 11.0. The molecule has 1 aromatic carbocycles. The number of amides is 1. The zero-order valence-electron chi connectivity index (χ0n) is 19.4. The van der Waals surface area contributed by atoms with E-state index in [9.17, 15) is 32.3 Å². The van der Waals surface area contributed by atoms with Gasteiger partial charge in [-0.15, -0.1) is 0 Å². The molecule has 2 atom stereocenters. The minimum Gasteiger partial charge on any atom is -0.481 e. The topological polar surface area (TPSA) is 230 Å². The first kappa shape index (κ1) is 31.1. The average molecular weight is 545 g/mol. The number of hydrogen-bond donors (Lipinski definition) is 6. The SMILES string of the molecule is CC(Cc1coc(C(=O)Oc2ccc(C(=N)N)cc2)c1)C(=O)N[C@@H](CC(=O)O)C(=O)O.O=C(O)C(F)(F)F. The molecule has 206 valence electrons. The number of carbonyl (C=O) groups excluding carboxylic acids is 2. The summed E-state index contributed by atoms with van der Waals surface area (Å²) in [6.07, 6.45) is -4.44. The monoisotopic (exact) mass is 545 g/mol. The minimum absolute atomic E-state index is 0.104. The number of aliphatic carboxylic acids is 3. The molecule has 1 amide bonds. The first-order chi connectivity index (χ1) is 17.5. The molecule has 1 unspecified atom stereocenters. The van der Waals surface area contributed by atoms with Gasteiger partial charge in [0.25, 0.3) is 0 Å². The highest BCUT2D eigenvalue weighted by Gasteiger charge is 2.38. The standard InChI is InChI=1S/C20H21N3O8.C2HF3O2/c1-10(18(26)23-14(19(27)28)8-16(24)25)6-11-7-15(30-9-11)20(29)31-13-4-2-12(3-5-13)17(21)22;3-2(4,5)1(6)7/h2-5,7,9-10,14H,6,8H2,1H3,(H3,21,22)(H,23,26)(H,24,25)(H,27,28);(H,6,7)/t10?,14-;/m0./s1. The lowest BCUT2D eigenvalue weighted by molar-refractivity contribution is -0.192. The van der Waals surface area contributed by atoms with Gasteiger partial charge in [0.1, 0.15) is 17.6 Å². The van der Waals surface area contributed by atoms with E-state index >= 15 is 0 Å². The first-order valence-corrected chi connectivity index (χ1v) is 10.3. The van der Waals surface area contributed by atoms with E-state index in [0.29, 0.717) is 11.1 Å². The fourth-order valence-corrected chi connectivity index (χ4v) is 2.58. The van der Waals surface area contributed by atoms with Gasteiger partial charge in [0.2, 0.25) is 11.7 Å². The number of nitrogens with two attached hydrogens (primary N) is 1. The molecular formula is C22H22F3N3O10. The van der Waals surface area contributed by atoms with Crippen LogP contribution in [0.5, 0.6) is 5.75 Å². The van der Waals surface area contributed by atoms with Crippen LogP contribution in [-0.2, 0) is 25.6 Å².